The number of carbonyl (C=O) groups excluding carboxylic acids is 1. The molecule has 1 aromatic heterocycles. The number of thiophene rings is 1. The second kappa shape index (κ2) is 6.34. The Morgan fingerprint density at radius 2 is 2.00 bits per heavy atom. The van der Waals surface area contributed by atoms with E-state index >= 15 is 0 Å². The van der Waals surface area contributed by atoms with Gasteiger partial charge in [-0.1, -0.05) is 24.3 Å². The van der Waals surface area contributed by atoms with E-state index in [9.17, 15) is 9.59 Å². The molecular formula is C15H15NO3S. The minimum Gasteiger partial charge on any atom is -0.481 e. The lowest BCUT2D eigenvalue weighted by Crippen LogP contribution is -2.30. The molecule has 20 heavy (non-hydrogen) atoms. The highest BCUT2D eigenvalue weighted by atomic mass is 32.1. The number of hydrogen-bond donors (Lipinski definition) is 2. The molecule has 0 saturated carbocycles. The van der Waals surface area contributed by atoms with Gasteiger partial charge in [0.25, 0.3) is 5.91 Å². The monoisotopic (exact) mass is 289 g/mol. The molecule has 0 fully saturated rings. The molecule has 1 aromatic carbocycles. The summed E-state index contributed by atoms with van der Waals surface area (Å²) in [7, 11) is 0. The minimum atomic E-state index is -0.937. The molecule has 1 amide bonds. The Hall–Kier alpha value is -2.14. The van der Waals surface area contributed by atoms with Crippen molar-refractivity contribution in [3.63, 3.8) is 0 Å². The van der Waals surface area contributed by atoms with Crippen LogP contribution in [0.2, 0.25) is 0 Å². The zero-order valence-corrected chi connectivity index (χ0v) is 11.8. The van der Waals surface area contributed by atoms with Crippen molar-refractivity contribution >= 4 is 23.2 Å². The number of aryl methyl sites for hydroxylation is 1. The van der Waals surface area contributed by atoms with Crippen LogP contribution in [0.4, 0.5) is 0 Å². The number of carboxylic acids is 1. The van der Waals surface area contributed by atoms with Gasteiger partial charge in [0.1, 0.15) is 0 Å². The second-order valence-corrected chi connectivity index (χ2v) is 5.43. The van der Waals surface area contributed by atoms with Crippen LogP contribution in [0.3, 0.4) is 0 Å². The first kappa shape index (κ1) is 14.3. The van der Waals surface area contributed by atoms with Gasteiger partial charge in [0.15, 0.2) is 0 Å². The second-order valence-electron chi connectivity index (χ2n) is 4.45. The number of amides is 1. The molecule has 4 nitrogen and oxygen atoms in total. The third kappa shape index (κ3) is 3.45. The van der Waals surface area contributed by atoms with Crippen molar-refractivity contribution < 1.29 is 14.7 Å². The number of rotatable bonds is 5. The maximum atomic E-state index is 12.3. The van der Waals surface area contributed by atoms with Crippen molar-refractivity contribution in [2.45, 2.75) is 19.4 Å². The Balaban J connectivity index is 2.18. The van der Waals surface area contributed by atoms with Crippen LogP contribution in [-0.4, -0.2) is 17.0 Å². The number of hydrogen-bond acceptors (Lipinski definition) is 3. The summed E-state index contributed by atoms with van der Waals surface area (Å²) >= 11 is 1.44. The zero-order valence-electron chi connectivity index (χ0n) is 11.0. The molecule has 1 heterocycles. The third-order valence-electron chi connectivity index (χ3n) is 2.96. The van der Waals surface area contributed by atoms with Gasteiger partial charge in [-0.15, -0.1) is 11.3 Å². The van der Waals surface area contributed by atoms with Gasteiger partial charge in [0, 0.05) is 10.4 Å². The lowest BCUT2D eigenvalue weighted by molar-refractivity contribution is -0.137. The molecule has 5 heteroatoms. The lowest BCUT2D eigenvalue weighted by atomic mass is 10.1. The van der Waals surface area contributed by atoms with Crippen LogP contribution in [0, 0.1) is 6.92 Å². The molecule has 1 atom stereocenters. The molecule has 0 saturated heterocycles. The van der Waals surface area contributed by atoms with E-state index in [-0.39, 0.29) is 12.3 Å². The maximum absolute atomic E-state index is 12.3. The molecule has 0 aliphatic carbocycles. The van der Waals surface area contributed by atoms with Crippen molar-refractivity contribution in [1.82, 2.24) is 5.32 Å². The molecule has 104 valence electrons. The summed E-state index contributed by atoms with van der Waals surface area (Å²) in [6.07, 6.45) is -0.127. The van der Waals surface area contributed by atoms with E-state index in [0.29, 0.717) is 5.56 Å². The zero-order chi connectivity index (χ0) is 14.5. The summed E-state index contributed by atoms with van der Waals surface area (Å²) in [5.74, 6) is -1.18. The van der Waals surface area contributed by atoms with Gasteiger partial charge in [0.2, 0.25) is 0 Å². The lowest BCUT2D eigenvalue weighted by Gasteiger charge is -2.16. The van der Waals surface area contributed by atoms with Gasteiger partial charge in [-0.25, -0.2) is 0 Å². The molecule has 0 aliphatic rings. The first-order chi connectivity index (χ1) is 9.58. The fourth-order valence-electron chi connectivity index (χ4n) is 1.95. The number of carboxylic acid groups (broad SMARTS) is 1. The average Bonchev–Trinajstić information content (AvgIpc) is 2.91. The fraction of sp³-hybridized carbons (Fsp3) is 0.200. The Bertz CT molecular complexity index is 607. The van der Waals surface area contributed by atoms with Crippen LogP contribution in [0.5, 0.6) is 0 Å². The number of benzene rings is 1. The summed E-state index contributed by atoms with van der Waals surface area (Å²) in [5, 5.41) is 13.6. The summed E-state index contributed by atoms with van der Waals surface area (Å²) in [6.45, 7) is 1.85. The Kier molecular flexibility index (Phi) is 4.53. The normalized spacial score (nSPS) is 11.8. The van der Waals surface area contributed by atoms with Gasteiger partial charge in [-0.3, -0.25) is 9.59 Å². The van der Waals surface area contributed by atoms with Gasteiger partial charge in [-0.2, -0.15) is 0 Å². The van der Waals surface area contributed by atoms with E-state index in [1.165, 1.54) is 11.3 Å². The van der Waals surface area contributed by atoms with Crippen LogP contribution in [-0.2, 0) is 4.79 Å². The largest absolute Gasteiger partial charge is 0.481 e. The van der Waals surface area contributed by atoms with Crippen molar-refractivity contribution in [3.8, 4) is 0 Å². The minimum absolute atomic E-state index is 0.127. The highest BCUT2D eigenvalue weighted by Gasteiger charge is 2.20. The first-order valence-electron chi connectivity index (χ1n) is 6.19. The van der Waals surface area contributed by atoms with Crippen LogP contribution >= 0.6 is 11.3 Å². The summed E-state index contributed by atoms with van der Waals surface area (Å²) in [4.78, 5) is 24.0. The van der Waals surface area contributed by atoms with Crippen molar-refractivity contribution in [2.75, 3.05) is 0 Å². The number of carbonyl (C=O) groups is 2. The van der Waals surface area contributed by atoms with E-state index < -0.39 is 12.0 Å². The Labute approximate surface area is 121 Å². The van der Waals surface area contributed by atoms with E-state index in [4.69, 9.17) is 5.11 Å². The van der Waals surface area contributed by atoms with Gasteiger partial charge >= 0.3 is 5.97 Å². The molecule has 2 rings (SSSR count). The van der Waals surface area contributed by atoms with E-state index in [2.05, 4.69) is 5.32 Å². The molecule has 1 unspecified atom stereocenters. The molecule has 0 aliphatic heterocycles. The highest BCUT2D eigenvalue weighted by molar-refractivity contribution is 7.10. The van der Waals surface area contributed by atoms with Gasteiger partial charge in [-0.05, 0) is 30.0 Å². The Morgan fingerprint density at radius 3 is 2.60 bits per heavy atom. The summed E-state index contributed by atoms with van der Waals surface area (Å²) < 4.78 is 0. The number of aliphatic carboxylic acids is 1. The first-order valence-corrected chi connectivity index (χ1v) is 7.07. The highest BCUT2D eigenvalue weighted by Crippen LogP contribution is 2.22. The Morgan fingerprint density at radius 1 is 1.25 bits per heavy atom. The molecule has 0 bridgehead atoms. The van der Waals surface area contributed by atoms with E-state index in [1.54, 1.807) is 12.1 Å². The summed E-state index contributed by atoms with van der Waals surface area (Å²) in [6, 6.07) is 10.4. The molecule has 2 N–H and O–H groups in total. The van der Waals surface area contributed by atoms with Gasteiger partial charge < -0.3 is 10.4 Å². The van der Waals surface area contributed by atoms with Crippen LogP contribution in [0.1, 0.15) is 33.3 Å². The average molecular weight is 289 g/mol. The van der Waals surface area contributed by atoms with Gasteiger partial charge in [0.05, 0.1) is 12.5 Å². The SMILES string of the molecule is Cc1ccccc1C(=O)NC(CC(=O)O)c1cccs1. The van der Waals surface area contributed by atoms with Crippen LogP contribution < -0.4 is 5.32 Å². The topological polar surface area (TPSA) is 66.4 Å². The number of nitrogens with one attached hydrogen (secondary N) is 1. The van der Waals surface area contributed by atoms with E-state index in [1.807, 2.05) is 36.6 Å². The molecular weight excluding hydrogens is 274 g/mol. The van der Waals surface area contributed by atoms with Crippen molar-refractivity contribution in [1.29, 1.82) is 0 Å². The van der Waals surface area contributed by atoms with Crippen LogP contribution in [0.25, 0.3) is 0 Å². The standard InChI is InChI=1S/C15H15NO3S/c1-10-5-2-3-6-11(10)15(19)16-12(9-14(17)18)13-7-4-8-20-13/h2-8,12H,9H2,1H3,(H,16,19)(H,17,18). The van der Waals surface area contributed by atoms with E-state index in [0.717, 1.165) is 10.4 Å². The quantitative estimate of drug-likeness (QED) is 0.889. The van der Waals surface area contributed by atoms with Crippen LogP contribution in [0.15, 0.2) is 41.8 Å². The fourth-order valence-corrected chi connectivity index (χ4v) is 2.73. The maximum Gasteiger partial charge on any atom is 0.305 e. The van der Waals surface area contributed by atoms with Crippen molar-refractivity contribution in [2.24, 2.45) is 0 Å². The summed E-state index contributed by atoms with van der Waals surface area (Å²) in [5.41, 5.74) is 1.43. The van der Waals surface area contributed by atoms with Crippen molar-refractivity contribution in [3.05, 3.63) is 57.8 Å². The third-order valence-corrected chi connectivity index (χ3v) is 3.95. The predicted molar refractivity (Wildman–Crippen MR) is 78.0 cm³/mol. The molecule has 2 aromatic rings. The molecule has 0 radical (unpaired) electrons. The smallest absolute Gasteiger partial charge is 0.305 e. The predicted octanol–water partition coefficient (Wildman–Crippen LogP) is 3.00. The molecule has 0 spiro atoms.